The molecule has 0 spiro atoms. The quantitative estimate of drug-likeness (QED) is 0.429. The van der Waals surface area contributed by atoms with Crippen LogP contribution in [0.15, 0.2) is 30.3 Å². The van der Waals surface area contributed by atoms with Crippen LogP contribution in [0.3, 0.4) is 0 Å². The minimum Gasteiger partial charge on any atom is -0.480 e. The van der Waals surface area contributed by atoms with Crippen LogP contribution in [0, 0.1) is 0 Å². The van der Waals surface area contributed by atoms with E-state index in [4.69, 9.17) is 31.9 Å². The van der Waals surface area contributed by atoms with Gasteiger partial charge in [0.05, 0.1) is 36.4 Å². The third-order valence-corrected chi connectivity index (χ3v) is 5.75. The number of halogens is 1. The number of hydrogen-bond donors (Lipinski definition) is 4. The number of nitrogens with two attached hydrogens (primary N) is 1. The standard InChI is InChI=1S/C22H26ClN5O6/c1-33-17-10-28(11-18(29)25-13-5-3-12(4-6-13)22(31)32)8-7-16(17)26-20(30)14-9-15(23)19(24)27-21(14)34-2/h3-6,9,16-17H,7-8,10-11H2,1-2H3,(H2,24,27)(H,25,29)(H,26,30)(H,31,32)/t16-,17+/m1/s1. The number of nitrogen functional groups attached to an aromatic ring is 1. The van der Waals surface area contributed by atoms with Crippen molar-refractivity contribution in [3.8, 4) is 5.88 Å². The van der Waals surface area contributed by atoms with Gasteiger partial charge in [0.25, 0.3) is 5.91 Å². The maximum absolute atomic E-state index is 12.8. The molecule has 0 saturated carbocycles. The summed E-state index contributed by atoms with van der Waals surface area (Å²) >= 11 is 6.01. The van der Waals surface area contributed by atoms with Gasteiger partial charge in [0.1, 0.15) is 11.4 Å². The molecule has 2 amide bonds. The maximum atomic E-state index is 12.8. The first-order valence-corrected chi connectivity index (χ1v) is 10.8. The Bertz CT molecular complexity index is 1060. The van der Waals surface area contributed by atoms with Crippen LogP contribution in [0.1, 0.15) is 27.1 Å². The lowest BCUT2D eigenvalue weighted by atomic mass is 10.0. The number of methoxy groups -OCH3 is 2. The molecule has 2 heterocycles. The van der Waals surface area contributed by atoms with Crippen molar-refractivity contribution in [2.45, 2.75) is 18.6 Å². The monoisotopic (exact) mass is 491 g/mol. The van der Waals surface area contributed by atoms with Gasteiger partial charge in [-0.05, 0) is 36.8 Å². The number of benzene rings is 1. The largest absolute Gasteiger partial charge is 0.480 e. The van der Waals surface area contributed by atoms with E-state index in [2.05, 4.69) is 15.6 Å². The Morgan fingerprint density at radius 1 is 1.26 bits per heavy atom. The van der Waals surface area contributed by atoms with Crippen LogP contribution in [0.25, 0.3) is 0 Å². The lowest BCUT2D eigenvalue weighted by Crippen LogP contribution is -2.55. The lowest BCUT2D eigenvalue weighted by molar-refractivity contribution is -0.118. The summed E-state index contributed by atoms with van der Waals surface area (Å²) in [5.74, 6) is -1.57. The zero-order valence-electron chi connectivity index (χ0n) is 18.7. The van der Waals surface area contributed by atoms with E-state index in [1.165, 1.54) is 37.4 Å². The molecule has 1 aliphatic rings. The van der Waals surface area contributed by atoms with Gasteiger partial charge in [0.2, 0.25) is 11.8 Å². The molecule has 1 aromatic heterocycles. The number of aromatic nitrogens is 1. The number of carbonyl (C=O) groups is 3. The fraction of sp³-hybridized carbons (Fsp3) is 0.364. The molecule has 11 nitrogen and oxygen atoms in total. The maximum Gasteiger partial charge on any atom is 0.335 e. The number of hydrogen-bond acceptors (Lipinski definition) is 8. The summed E-state index contributed by atoms with van der Waals surface area (Å²) in [6, 6.07) is 7.02. The van der Waals surface area contributed by atoms with Crippen LogP contribution < -0.4 is 21.1 Å². The number of amides is 2. The van der Waals surface area contributed by atoms with E-state index in [1.54, 1.807) is 7.11 Å². The average molecular weight is 492 g/mol. The van der Waals surface area contributed by atoms with Gasteiger partial charge in [-0.2, -0.15) is 4.98 Å². The molecule has 5 N–H and O–H groups in total. The molecule has 34 heavy (non-hydrogen) atoms. The highest BCUT2D eigenvalue weighted by Gasteiger charge is 2.32. The molecule has 1 aliphatic heterocycles. The third kappa shape index (κ3) is 6.13. The number of carboxylic acid groups (broad SMARTS) is 1. The molecule has 0 radical (unpaired) electrons. The number of ether oxygens (including phenoxy) is 2. The summed E-state index contributed by atoms with van der Waals surface area (Å²) in [5, 5.41) is 14.8. The fourth-order valence-corrected chi connectivity index (χ4v) is 3.83. The fourth-order valence-electron chi connectivity index (χ4n) is 3.68. The molecular weight excluding hydrogens is 466 g/mol. The SMILES string of the molecule is COc1nc(N)c(Cl)cc1C(=O)N[C@@H]1CCN(CC(=O)Nc2ccc(C(=O)O)cc2)C[C@@H]1OC. The van der Waals surface area contributed by atoms with Crippen LogP contribution in [-0.2, 0) is 9.53 Å². The summed E-state index contributed by atoms with van der Waals surface area (Å²) in [7, 11) is 2.92. The number of rotatable bonds is 8. The summed E-state index contributed by atoms with van der Waals surface area (Å²) in [5.41, 5.74) is 6.48. The van der Waals surface area contributed by atoms with E-state index in [0.29, 0.717) is 25.2 Å². The Hall–Kier alpha value is -3.41. The predicted molar refractivity (Wildman–Crippen MR) is 125 cm³/mol. The van der Waals surface area contributed by atoms with Crippen molar-refractivity contribution in [2.75, 3.05) is 44.9 Å². The van der Waals surface area contributed by atoms with Crippen molar-refractivity contribution in [1.82, 2.24) is 15.2 Å². The number of piperidine rings is 1. The van der Waals surface area contributed by atoms with Crippen molar-refractivity contribution in [2.24, 2.45) is 0 Å². The Balaban J connectivity index is 1.57. The smallest absolute Gasteiger partial charge is 0.335 e. The average Bonchev–Trinajstić information content (AvgIpc) is 2.81. The van der Waals surface area contributed by atoms with Gasteiger partial charge in [-0.25, -0.2) is 4.79 Å². The number of aromatic carboxylic acids is 1. The molecule has 0 bridgehead atoms. The zero-order valence-corrected chi connectivity index (χ0v) is 19.5. The van der Waals surface area contributed by atoms with Gasteiger partial charge in [-0.1, -0.05) is 11.6 Å². The normalized spacial score (nSPS) is 18.2. The summed E-state index contributed by atoms with van der Waals surface area (Å²) in [6.07, 6.45) is 0.187. The first-order valence-electron chi connectivity index (χ1n) is 10.4. The van der Waals surface area contributed by atoms with E-state index in [1.807, 2.05) is 4.90 Å². The minimum absolute atomic E-state index is 0.0641. The number of nitrogens with zero attached hydrogens (tertiary/aromatic N) is 2. The molecule has 1 aromatic carbocycles. The minimum atomic E-state index is -1.03. The second kappa shape index (κ2) is 11.1. The second-order valence-electron chi connectivity index (χ2n) is 7.72. The summed E-state index contributed by atoms with van der Waals surface area (Å²) in [6.45, 7) is 1.09. The Morgan fingerprint density at radius 2 is 1.97 bits per heavy atom. The van der Waals surface area contributed by atoms with Gasteiger partial charge in [-0.3, -0.25) is 14.5 Å². The zero-order chi connectivity index (χ0) is 24.8. The van der Waals surface area contributed by atoms with E-state index in [9.17, 15) is 14.4 Å². The Kier molecular flexibility index (Phi) is 8.26. The molecule has 182 valence electrons. The van der Waals surface area contributed by atoms with Crippen molar-refractivity contribution in [3.05, 3.63) is 46.5 Å². The molecule has 1 saturated heterocycles. The highest BCUT2D eigenvalue weighted by Crippen LogP contribution is 2.25. The molecule has 0 unspecified atom stereocenters. The molecule has 1 fully saturated rings. The van der Waals surface area contributed by atoms with Crippen LogP contribution in [-0.4, -0.2) is 78.8 Å². The molecular formula is C22H26ClN5O6. The van der Waals surface area contributed by atoms with E-state index >= 15 is 0 Å². The number of nitrogens with one attached hydrogen (secondary N) is 2. The molecule has 3 rings (SSSR count). The molecule has 2 aromatic rings. The summed E-state index contributed by atoms with van der Waals surface area (Å²) < 4.78 is 10.7. The van der Waals surface area contributed by atoms with Crippen LogP contribution >= 0.6 is 11.6 Å². The van der Waals surface area contributed by atoms with Gasteiger partial charge >= 0.3 is 5.97 Å². The predicted octanol–water partition coefficient (Wildman–Crippen LogP) is 1.48. The lowest BCUT2D eigenvalue weighted by Gasteiger charge is -2.37. The van der Waals surface area contributed by atoms with Gasteiger partial charge in [0, 0.05) is 25.9 Å². The highest BCUT2D eigenvalue weighted by molar-refractivity contribution is 6.33. The number of carbonyl (C=O) groups excluding carboxylic acids is 2. The number of anilines is 2. The second-order valence-corrected chi connectivity index (χ2v) is 8.13. The van der Waals surface area contributed by atoms with Crippen molar-refractivity contribution in [1.29, 1.82) is 0 Å². The molecule has 0 aliphatic carbocycles. The highest BCUT2D eigenvalue weighted by atomic mass is 35.5. The Morgan fingerprint density at radius 3 is 2.59 bits per heavy atom. The van der Waals surface area contributed by atoms with Gasteiger partial charge in [0.15, 0.2) is 0 Å². The third-order valence-electron chi connectivity index (χ3n) is 5.45. The molecule has 2 atom stereocenters. The van der Waals surface area contributed by atoms with Crippen LogP contribution in [0.2, 0.25) is 5.02 Å². The number of carboxylic acids is 1. The van der Waals surface area contributed by atoms with E-state index in [0.717, 1.165) is 0 Å². The van der Waals surface area contributed by atoms with E-state index in [-0.39, 0.29) is 52.4 Å². The van der Waals surface area contributed by atoms with Gasteiger partial charge < -0.3 is 30.9 Å². The van der Waals surface area contributed by atoms with Crippen LogP contribution in [0.4, 0.5) is 11.5 Å². The summed E-state index contributed by atoms with van der Waals surface area (Å²) in [4.78, 5) is 42.1. The van der Waals surface area contributed by atoms with Crippen molar-refractivity contribution in [3.63, 3.8) is 0 Å². The number of likely N-dealkylation sites (tertiary alicyclic amines) is 1. The molecule has 12 heteroatoms. The van der Waals surface area contributed by atoms with Crippen LogP contribution in [0.5, 0.6) is 5.88 Å². The van der Waals surface area contributed by atoms with Gasteiger partial charge in [-0.15, -0.1) is 0 Å². The van der Waals surface area contributed by atoms with Crippen molar-refractivity contribution >= 4 is 40.9 Å². The number of pyridine rings is 1. The first kappa shape index (κ1) is 25.2. The van der Waals surface area contributed by atoms with E-state index < -0.39 is 11.9 Å². The topological polar surface area (TPSA) is 156 Å². The first-order chi connectivity index (χ1) is 16.2. The van der Waals surface area contributed by atoms with Crippen molar-refractivity contribution < 1.29 is 29.0 Å². The Labute approximate surface area is 201 Å².